The molecule has 2 aromatic rings. The molecule has 1 heterocycles. The van der Waals surface area contributed by atoms with Gasteiger partial charge in [0.15, 0.2) is 5.62 Å². The average molecular weight is 497 g/mol. The van der Waals surface area contributed by atoms with Gasteiger partial charge in [-0.15, -0.1) is 11.8 Å². The van der Waals surface area contributed by atoms with Crippen molar-refractivity contribution in [2.24, 2.45) is 17.8 Å². The average Bonchev–Trinajstić information content (AvgIpc) is 3.50. The second-order valence-electron chi connectivity index (χ2n) is 8.61. The van der Waals surface area contributed by atoms with E-state index in [9.17, 15) is 14.4 Å². The summed E-state index contributed by atoms with van der Waals surface area (Å²) in [6.07, 6.45) is 6.42. The van der Waals surface area contributed by atoms with E-state index in [0.29, 0.717) is 18.5 Å². The third kappa shape index (κ3) is 6.76. The summed E-state index contributed by atoms with van der Waals surface area (Å²) in [5.74, 6) is 2.75. The van der Waals surface area contributed by atoms with Crippen molar-refractivity contribution in [3.63, 3.8) is 0 Å². The van der Waals surface area contributed by atoms with Crippen LogP contribution >= 0.6 is 23.5 Å². The first-order valence-electron chi connectivity index (χ1n) is 11.5. The maximum atomic E-state index is 10.7. The minimum absolute atomic E-state index is 0.484. The molecule has 180 valence electrons. The van der Waals surface area contributed by atoms with Gasteiger partial charge in [-0.05, 0) is 62.5 Å². The molecule has 2 aliphatic carbocycles. The zero-order valence-corrected chi connectivity index (χ0v) is 21.3. The number of nitrogens with zero attached hydrogens (tertiary/aromatic N) is 1. The molecule has 3 aliphatic rings. The molecule has 0 saturated heterocycles. The summed E-state index contributed by atoms with van der Waals surface area (Å²) >= 11 is 3.38. The molecule has 7 heteroatoms. The van der Waals surface area contributed by atoms with Crippen molar-refractivity contribution in [1.82, 2.24) is 5.32 Å². The van der Waals surface area contributed by atoms with Crippen LogP contribution in [0.2, 0.25) is 0 Å². The number of hydrogen-bond acceptors (Lipinski definition) is 6. The van der Waals surface area contributed by atoms with Gasteiger partial charge in [-0.2, -0.15) is 0 Å². The Morgan fingerprint density at radius 3 is 2.06 bits per heavy atom. The fraction of sp³-hybridized carbons (Fsp3) is 0.370. The largest absolute Gasteiger partial charge is 0.382 e. The van der Waals surface area contributed by atoms with E-state index in [0.717, 1.165) is 45.5 Å². The highest BCUT2D eigenvalue weighted by molar-refractivity contribution is 8.16. The highest BCUT2D eigenvalue weighted by atomic mass is 32.2. The third-order valence-electron chi connectivity index (χ3n) is 6.58. The Hall–Kier alpha value is -2.51. The van der Waals surface area contributed by atoms with E-state index in [1.807, 2.05) is 74.3 Å². The number of nitrogens with one attached hydrogen (secondary N) is 1. The smallest absolute Gasteiger partial charge is 0.220 e. The van der Waals surface area contributed by atoms with Gasteiger partial charge in [0.05, 0.1) is 10.7 Å². The number of imide groups is 1. The van der Waals surface area contributed by atoms with Gasteiger partial charge in [0, 0.05) is 17.2 Å². The van der Waals surface area contributed by atoms with Crippen LogP contribution in [-0.4, -0.2) is 30.7 Å². The van der Waals surface area contributed by atoms with Gasteiger partial charge in [0.25, 0.3) is 0 Å². The molecule has 2 fully saturated rings. The molecule has 4 atom stereocenters. The van der Waals surface area contributed by atoms with Crippen molar-refractivity contribution in [3.8, 4) is 0 Å². The van der Waals surface area contributed by atoms with Crippen LogP contribution in [0.15, 0.2) is 70.6 Å². The first kappa shape index (κ1) is 26.1. The lowest BCUT2D eigenvalue weighted by molar-refractivity contribution is -0.113. The quantitative estimate of drug-likeness (QED) is 0.521. The van der Waals surface area contributed by atoms with Gasteiger partial charge in [0.1, 0.15) is 0 Å². The molecule has 1 N–H and O–H groups in total. The van der Waals surface area contributed by atoms with Crippen LogP contribution in [-0.2, 0) is 14.4 Å². The van der Waals surface area contributed by atoms with E-state index in [2.05, 4.69) is 5.32 Å². The molecule has 1 aliphatic heterocycles. The second kappa shape index (κ2) is 13.4. The highest BCUT2D eigenvalue weighted by Crippen LogP contribution is 2.59. The van der Waals surface area contributed by atoms with Crippen LogP contribution in [0, 0.1) is 24.7 Å². The van der Waals surface area contributed by atoms with Gasteiger partial charge < -0.3 is 5.32 Å². The molecule has 2 aromatic carbocycles. The van der Waals surface area contributed by atoms with Gasteiger partial charge in [-0.1, -0.05) is 65.9 Å². The van der Waals surface area contributed by atoms with Gasteiger partial charge >= 0.3 is 0 Å². The molecule has 2 bridgehead atoms. The lowest BCUT2D eigenvalue weighted by Gasteiger charge is -2.36. The lowest BCUT2D eigenvalue weighted by Crippen LogP contribution is -2.30. The normalized spacial score (nSPS) is 23.9. The molecular weight excluding hydrogens is 464 g/mol. The second-order valence-corrected chi connectivity index (χ2v) is 10.7. The molecule has 2 saturated carbocycles. The molecule has 5 nitrogen and oxygen atoms in total. The maximum absolute atomic E-state index is 10.7. The van der Waals surface area contributed by atoms with Crippen LogP contribution < -0.4 is 10.2 Å². The summed E-state index contributed by atoms with van der Waals surface area (Å²) in [4.78, 5) is 33.6. The minimum atomic E-state index is 0.484. The van der Waals surface area contributed by atoms with Crippen LogP contribution in [0.1, 0.15) is 31.2 Å². The number of anilines is 1. The van der Waals surface area contributed by atoms with E-state index in [-0.39, 0.29) is 0 Å². The first-order valence-corrected chi connectivity index (χ1v) is 13.3. The van der Waals surface area contributed by atoms with Crippen molar-refractivity contribution < 1.29 is 14.4 Å². The summed E-state index contributed by atoms with van der Waals surface area (Å²) in [6, 6.07) is 19.1. The summed E-state index contributed by atoms with van der Waals surface area (Å²) < 4.78 is 0. The van der Waals surface area contributed by atoms with Crippen LogP contribution in [0.5, 0.6) is 0 Å². The summed E-state index contributed by atoms with van der Waals surface area (Å²) in [5.41, 5.74) is 2.65. The Morgan fingerprint density at radius 1 is 0.941 bits per heavy atom. The summed E-state index contributed by atoms with van der Waals surface area (Å²) in [7, 11) is 1.97. The zero-order chi connectivity index (χ0) is 24.3. The number of carbonyl (C=O) groups is 3. The Balaban J connectivity index is 0.000000158. The molecule has 34 heavy (non-hydrogen) atoms. The zero-order valence-electron chi connectivity index (χ0n) is 19.6. The van der Waals surface area contributed by atoms with Gasteiger partial charge in [-0.3, -0.25) is 19.3 Å². The van der Waals surface area contributed by atoms with Crippen molar-refractivity contribution in [2.75, 3.05) is 11.9 Å². The monoisotopic (exact) mass is 496 g/mol. The van der Waals surface area contributed by atoms with Gasteiger partial charge in [0.2, 0.25) is 12.8 Å². The number of benzene rings is 2. The maximum Gasteiger partial charge on any atom is 0.220 e. The molecule has 0 spiro atoms. The molecule has 0 unspecified atom stereocenters. The SMILES string of the molecule is CNC1=C(SC=O)C[C@H]2[C@@H]3CC[C@@H](C3)[C@H]2S1.Cc1ccc(N(C=O)C=O)cc1.c1ccccc1. The van der Waals surface area contributed by atoms with E-state index in [1.165, 1.54) is 41.0 Å². The standard InChI is InChI=1S/C12H17NOS2.C9H9NO2.C6H6/c1-13-12-10(15-6-14)5-9-7-2-3-8(4-7)11(9)16-12;1-8-2-4-9(5-3-8)10(6-11)7-12;1-2-4-6-5-3-1/h6-9,11,13H,2-5H2,1H3;2-7H,1H3;1-6H/t7-,8+,9+,11-;;/m1../s1. The van der Waals surface area contributed by atoms with Crippen molar-refractivity contribution in [3.05, 3.63) is 76.2 Å². The van der Waals surface area contributed by atoms with Crippen LogP contribution in [0.4, 0.5) is 5.69 Å². The highest BCUT2D eigenvalue weighted by Gasteiger charge is 2.50. The van der Waals surface area contributed by atoms with Crippen molar-refractivity contribution in [2.45, 2.75) is 37.9 Å². The predicted octanol–water partition coefficient (Wildman–Crippen LogP) is 5.65. The van der Waals surface area contributed by atoms with Crippen LogP contribution in [0.3, 0.4) is 0 Å². The fourth-order valence-corrected chi connectivity index (χ4v) is 7.38. The Bertz CT molecular complexity index is 931. The van der Waals surface area contributed by atoms with Crippen LogP contribution in [0.25, 0.3) is 0 Å². The first-order chi connectivity index (χ1) is 16.6. The Morgan fingerprint density at radius 2 is 1.53 bits per heavy atom. The topological polar surface area (TPSA) is 66.5 Å². The number of amides is 2. The minimum Gasteiger partial charge on any atom is -0.382 e. The number of carbonyl (C=O) groups excluding carboxylic acids is 3. The Kier molecular flexibility index (Phi) is 10.3. The number of allylic oxidation sites excluding steroid dienone is 1. The summed E-state index contributed by atoms with van der Waals surface area (Å²) in [6.45, 7) is 1.94. The van der Waals surface area contributed by atoms with Crippen molar-refractivity contribution in [1.29, 1.82) is 0 Å². The molecular formula is C27H32N2O3S2. The van der Waals surface area contributed by atoms with E-state index in [1.54, 1.807) is 12.1 Å². The number of rotatable bonds is 6. The molecule has 0 radical (unpaired) electrons. The third-order valence-corrected chi connectivity index (χ3v) is 9.15. The van der Waals surface area contributed by atoms with E-state index in [4.69, 9.17) is 0 Å². The van der Waals surface area contributed by atoms with E-state index >= 15 is 0 Å². The lowest BCUT2D eigenvalue weighted by atomic mass is 9.85. The molecule has 2 amide bonds. The van der Waals surface area contributed by atoms with Crippen molar-refractivity contribution >= 4 is 47.6 Å². The fourth-order valence-electron chi connectivity index (χ4n) is 4.94. The number of fused-ring (bicyclic) bond motifs is 5. The Labute approximate surface area is 210 Å². The van der Waals surface area contributed by atoms with Gasteiger partial charge in [-0.25, -0.2) is 0 Å². The predicted molar refractivity (Wildman–Crippen MR) is 143 cm³/mol. The van der Waals surface area contributed by atoms with E-state index < -0.39 is 0 Å². The summed E-state index contributed by atoms with van der Waals surface area (Å²) in [5, 5.41) is 5.36. The number of thioether (sulfide) groups is 2. The number of hydrogen-bond donors (Lipinski definition) is 1. The molecule has 0 aromatic heterocycles. The molecule has 5 rings (SSSR count). The number of aryl methyl sites for hydroxylation is 1.